The predicted octanol–water partition coefficient (Wildman–Crippen LogP) is 3.04. The molecule has 1 atom stereocenters. The smallest absolute Gasteiger partial charge is 0.236 e. The molecule has 4 heteroatoms. The number of benzene rings is 2. The van der Waals surface area contributed by atoms with Gasteiger partial charge >= 0.3 is 0 Å². The molecule has 0 spiro atoms. The summed E-state index contributed by atoms with van der Waals surface area (Å²) >= 11 is 0. The van der Waals surface area contributed by atoms with Gasteiger partial charge in [-0.05, 0) is 35.7 Å². The first-order valence-corrected chi connectivity index (χ1v) is 6.84. The van der Waals surface area contributed by atoms with E-state index in [-0.39, 0.29) is 17.7 Å². The highest BCUT2D eigenvalue weighted by molar-refractivity contribution is 6.05. The molecule has 1 heterocycles. The Bertz CT molecular complexity index is 720. The van der Waals surface area contributed by atoms with Crippen LogP contribution in [0.2, 0.25) is 0 Å². The van der Waals surface area contributed by atoms with E-state index in [0.717, 1.165) is 28.1 Å². The normalized spacial score (nSPS) is 16.3. The highest BCUT2D eigenvalue weighted by atomic mass is 16.2. The zero-order valence-electron chi connectivity index (χ0n) is 11.9. The average molecular weight is 280 g/mol. The van der Waals surface area contributed by atoms with Gasteiger partial charge in [-0.15, -0.1) is 0 Å². The van der Waals surface area contributed by atoms with Crippen molar-refractivity contribution in [2.24, 2.45) is 0 Å². The van der Waals surface area contributed by atoms with Crippen molar-refractivity contribution in [2.45, 2.75) is 19.8 Å². The minimum absolute atomic E-state index is 0.00780. The monoisotopic (exact) mass is 280 g/mol. The van der Waals surface area contributed by atoms with E-state index in [1.807, 2.05) is 49.4 Å². The maximum absolute atomic E-state index is 12.3. The third-order valence-electron chi connectivity index (χ3n) is 3.69. The van der Waals surface area contributed by atoms with E-state index in [4.69, 9.17) is 0 Å². The second kappa shape index (κ2) is 5.05. The highest BCUT2D eigenvalue weighted by Crippen LogP contribution is 2.39. The Hall–Kier alpha value is -2.62. The molecule has 1 aliphatic rings. The van der Waals surface area contributed by atoms with Gasteiger partial charge in [0.1, 0.15) is 0 Å². The third-order valence-corrected chi connectivity index (χ3v) is 3.69. The van der Waals surface area contributed by atoms with Gasteiger partial charge in [-0.3, -0.25) is 9.59 Å². The third kappa shape index (κ3) is 2.40. The number of amides is 2. The van der Waals surface area contributed by atoms with E-state index in [1.165, 1.54) is 6.92 Å². The second-order valence-electron chi connectivity index (χ2n) is 5.26. The number of hydrogen-bond donors (Lipinski definition) is 2. The van der Waals surface area contributed by atoms with Crippen LogP contribution in [0.3, 0.4) is 0 Å². The average Bonchev–Trinajstić information content (AvgIpc) is 2.77. The van der Waals surface area contributed by atoms with Crippen molar-refractivity contribution < 1.29 is 9.59 Å². The van der Waals surface area contributed by atoms with Crippen LogP contribution in [0.15, 0.2) is 42.5 Å². The van der Waals surface area contributed by atoms with Crippen LogP contribution in [0.4, 0.5) is 11.4 Å². The number of carbonyl (C=O) groups excluding carboxylic acids is 2. The van der Waals surface area contributed by atoms with Gasteiger partial charge in [0.2, 0.25) is 11.8 Å². The molecule has 0 aliphatic carbocycles. The van der Waals surface area contributed by atoms with E-state index in [9.17, 15) is 9.59 Å². The van der Waals surface area contributed by atoms with Gasteiger partial charge < -0.3 is 10.6 Å². The summed E-state index contributed by atoms with van der Waals surface area (Å²) in [6.45, 7) is 3.46. The Morgan fingerprint density at radius 3 is 2.52 bits per heavy atom. The van der Waals surface area contributed by atoms with Gasteiger partial charge in [0.05, 0.1) is 5.92 Å². The van der Waals surface area contributed by atoms with Gasteiger partial charge in [-0.2, -0.15) is 0 Å². The summed E-state index contributed by atoms with van der Waals surface area (Å²) < 4.78 is 0. The Labute approximate surface area is 123 Å². The highest BCUT2D eigenvalue weighted by Gasteiger charge is 2.32. The molecule has 2 amide bonds. The van der Waals surface area contributed by atoms with Gasteiger partial charge in [-0.25, -0.2) is 0 Å². The summed E-state index contributed by atoms with van der Waals surface area (Å²) in [4.78, 5) is 23.3. The molecule has 21 heavy (non-hydrogen) atoms. The van der Waals surface area contributed by atoms with Crippen LogP contribution in [0.1, 0.15) is 29.5 Å². The van der Waals surface area contributed by atoms with Crippen molar-refractivity contribution in [2.75, 3.05) is 10.6 Å². The van der Waals surface area contributed by atoms with Crippen LogP contribution < -0.4 is 10.6 Å². The SMILES string of the molecule is CC(=O)Nc1ccc(C2C(=O)Nc3c(C)cccc32)cc1. The first kappa shape index (κ1) is 13.4. The van der Waals surface area contributed by atoms with Gasteiger partial charge in [0.15, 0.2) is 0 Å². The molecule has 4 nitrogen and oxygen atoms in total. The topological polar surface area (TPSA) is 58.2 Å². The number of hydrogen-bond acceptors (Lipinski definition) is 2. The van der Waals surface area contributed by atoms with Crippen molar-refractivity contribution in [1.29, 1.82) is 0 Å². The van der Waals surface area contributed by atoms with E-state index < -0.39 is 0 Å². The molecule has 2 N–H and O–H groups in total. The van der Waals surface area contributed by atoms with E-state index in [2.05, 4.69) is 10.6 Å². The fraction of sp³-hybridized carbons (Fsp3) is 0.176. The molecule has 0 radical (unpaired) electrons. The minimum atomic E-state index is -0.286. The Kier molecular flexibility index (Phi) is 3.22. The quantitative estimate of drug-likeness (QED) is 0.888. The summed E-state index contributed by atoms with van der Waals surface area (Å²) in [5.41, 5.74) is 4.64. The van der Waals surface area contributed by atoms with Gasteiger partial charge in [0, 0.05) is 18.3 Å². The van der Waals surface area contributed by atoms with Crippen molar-refractivity contribution >= 4 is 23.2 Å². The number of para-hydroxylation sites is 1. The number of aryl methyl sites for hydroxylation is 1. The number of carbonyl (C=O) groups is 2. The Morgan fingerprint density at radius 2 is 1.86 bits per heavy atom. The summed E-state index contributed by atoms with van der Waals surface area (Å²) in [5, 5.41) is 5.67. The lowest BCUT2D eigenvalue weighted by atomic mass is 9.91. The molecule has 3 rings (SSSR count). The van der Waals surface area contributed by atoms with Gasteiger partial charge in [0.25, 0.3) is 0 Å². The van der Waals surface area contributed by atoms with Crippen molar-refractivity contribution in [3.8, 4) is 0 Å². The van der Waals surface area contributed by atoms with Crippen molar-refractivity contribution in [1.82, 2.24) is 0 Å². The van der Waals surface area contributed by atoms with Crippen LogP contribution in [0.5, 0.6) is 0 Å². The van der Waals surface area contributed by atoms with Crippen LogP contribution in [-0.2, 0) is 9.59 Å². The second-order valence-corrected chi connectivity index (χ2v) is 5.26. The molecule has 0 saturated carbocycles. The fourth-order valence-corrected chi connectivity index (χ4v) is 2.73. The maximum atomic E-state index is 12.3. The predicted molar refractivity (Wildman–Crippen MR) is 82.4 cm³/mol. The molecule has 0 aromatic heterocycles. The van der Waals surface area contributed by atoms with Crippen LogP contribution in [-0.4, -0.2) is 11.8 Å². The van der Waals surface area contributed by atoms with E-state index in [1.54, 1.807) is 0 Å². The van der Waals surface area contributed by atoms with E-state index in [0.29, 0.717) is 0 Å². The number of anilines is 2. The van der Waals surface area contributed by atoms with E-state index >= 15 is 0 Å². The number of rotatable bonds is 2. The van der Waals surface area contributed by atoms with Gasteiger partial charge in [-0.1, -0.05) is 30.3 Å². The molecule has 0 saturated heterocycles. The van der Waals surface area contributed by atoms with Crippen LogP contribution in [0, 0.1) is 6.92 Å². The zero-order valence-corrected chi connectivity index (χ0v) is 11.9. The van der Waals surface area contributed by atoms with Crippen molar-refractivity contribution in [3.05, 3.63) is 59.2 Å². The Balaban J connectivity index is 1.96. The summed E-state index contributed by atoms with van der Waals surface area (Å²) in [6.07, 6.45) is 0. The summed E-state index contributed by atoms with van der Waals surface area (Å²) in [6, 6.07) is 13.3. The fourth-order valence-electron chi connectivity index (χ4n) is 2.73. The summed E-state index contributed by atoms with van der Waals surface area (Å²) in [5.74, 6) is -0.403. The van der Waals surface area contributed by atoms with Crippen molar-refractivity contribution in [3.63, 3.8) is 0 Å². The molecule has 1 unspecified atom stereocenters. The lowest BCUT2D eigenvalue weighted by Gasteiger charge is -2.10. The summed E-state index contributed by atoms with van der Waals surface area (Å²) in [7, 11) is 0. The largest absolute Gasteiger partial charge is 0.326 e. The number of fused-ring (bicyclic) bond motifs is 1. The number of nitrogens with one attached hydrogen (secondary N) is 2. The first-order chi connectivity index (χ1) is 10.1. The van der Waals surface area contributed by atoms with Crippen LogP contribution in [0.25, 0.3) is 0 Å². The minimum Gasteiger partial charge on any atom is -0.326 e. The molecule has 2 aromatic rings. The lowest BCUT2D eigenvalue weighted by Crippen LogP contribution is -2.13. The maximum Gasteiger partial charge on any atom is 0.236 e. The molecular formula is C17H16N2O2. The molecule has 0 fully saturated rings. The standard InChI is InChI=1S/C17H16N2O2/c1-10-4-3-5-14-15(17(21)19-16(10)14)12-6-8-13(9-7-12)18-11(2)20/h3-9,15H,1-2H3,(H,18,20)(H,19,21). The zero-order chi connectivity index (χ0) is 15.0. The Morgan fingerprint density at radius 1 is 1.14 bits per heavy atom. The molecule has 1 aliphatic heterocycles. The molecule has 2 aromatic carbocycles. The lowest BCUT2D eigenvalue weighted by molar-refractivity contribution is -0.116. The van der Waals surface area contributed by atoms with Crippen LogP contribution >= 0.6 is 0 Å². The molecule has 106 valence electrons. The first-order valence-electron chi connectivity index (χ1n) is 6.84. The molecule has 0 bridgehead atoms. The molecular weight excluding hydrogens is 264 g/mol.